The fraction of sp³-hybridized carbons (Fsp3) is 0.235. The largest absolute Gasteiger partial charge is 0.398 e. The number of hydrogen-bond acceptors (Lipinski definition) is 7. The number of esters is 2. The van der Waals surface area contributed by atoms with Crippen LogP contribution in [0, 0.1) is 0 Å². The second-order valence-corrected chi connectivity index (χ2v) is 4.98. The minimum Gasteiger partial charge on any atom is -0.393 e. The second kappa shape index (κ2) is 8.19. The fourth-order valence-electron chi connectivity index (χ4n) is 1.49. The Labute approximate surface area is 139 Å². The van der Waals surface area contributed by atoms with Gasteiger partial charge >= 0.3 is 17.9 Å². The highest BCUT2D eigenvalue weighted by Gasteiger charge is 2.36. The van der Waals surface area contributed by atoms with Crippen molar-refractivity contribution in [3.63, 3.8) is 0 Å². The third-order valence-electron chi connectivity index (χ3n) is 2.78. The van der Waals surface area contributed by atoms with Gasteiger partial charge in [0.05, 0.1) is 5.69 Å². The van der Waals surface area contributed by atoms with Crippen LogP contribution in [0.15, 0.2) is 42.6 Å². The average Bonchev–Trinajstić information content (AvgIpc) is 2.54. The molecule has 0 radical (unpaired) electrons. The lowest BCUT2D eigenvalue weighted by Crippen LogP contribution is -2.43. The van der Waals surface area contributed by atoms with Crippen molar-refractivity contribution >= 4 is 24.1 Å². The molecule has 24 heavy (non-hydrogen) atoms. The Bertz CT molecular complexity index is 694. The van der Waals surface area contributed by atoms with Gasteiger partial charge in [0, 0.05) is 17.3 Å². The Kier molecular flexibility index (Phi) is 6.58. The zero-order chi connectivity index (χ0) is 18.3. The fourth-order valence-corrected chi connectivity index (χ4v) is 1.49. The Morgan fingerprint density at radius 2 is 1.96 bits per heavy atom. The van der Waals surface area contributed by atoms with Crippen LogP contribution < -0.4 is 0 Å². The molecule has 128 valence electrons. The van der Waals surface area contributed by atoms with Crippen molar-refractivity contribution in [2.75, 3.05) is 6.61 Å². The van der Waals surface area contributed by atoms with Crippen molar-refractivity contribution in [3.05, 3.63) is 53.9 Å². The summed E-state index contributed by atoms with van der Waals surface area (Å²) in [4.78, 5) is 27.5. The average molecular weight is 333 g/mol. The monoisotopic (exact) mass is 333 g/mol. The smallest absolute Gasteiger partial charge is 0.393 e. The van der Waals surface area contributed by atoms with Gasteiger partial charge in [-0.1, -0.05) is 19.2 Å². The molecule has 1 atom stereocenters. The number of pyridine rings is 1. The van der Waals surface area contributed by atoms with Gasteiger partial charge in [0.25, 0.3) is 0 Å². The van der Waals surface area contributed by atoms with Crippen LogP contribution in [0.1, 0.15) is 25.1 Å². The van der Waals surface area contributed by atoms with Crippen molar-refractivity contribution in [1.82, 2.24) is 4.98 Å². The quantitative estimate of drug-likeness (QED) is 0.441. The van der Waals surface area contributed by atoms with Gasteiger partial charge in [-0.25, -0.2) is 9.59 Å². The molecule has 0 spiro atoms. The summed E-state index contributed by atoms with van der Waals surface area (Å²) in [5.74, 6) is -4.80. The summed E-state index contributed by atoms with van der Waals surface area (Å²) in [6.07, 6.45) is 4.57. The van der Waals surface area contributed by atoms with Crippen molar-refractivity contribution < 1.29 is 29.3 Å². The number of ether oxygens (including phenoxy) is 2. The molecule has 7 heteroatoms. The van der Waals surface area contributed by atoms with E-state index < -0.39 is 24.5 Å². The van der Waals surface area contributed by atoms with E-state index in [4.69, 9.17) is 5.11 Å². The van der Waals surface area contributed by atoms with Gasteiger partial charge in [-0.2, -0.15) is 0 Å². The van der Waals surface area contributed by atoms with Crippen LogP contribution in [0.5, 0.6) is 0 Å². The van der Waals surface area contributed by atoms with E-state index in [-0.39, 0.29) is 11.1 Å². The molecule has 0 aromatic carbocycles. The molecular formula is C17H19NO6. The van der Waals surface area contributed by atoms with Gasteiger partial charge in [0.2, 0.25) is 0 Å². The van der Waals surface area contributed by atoms with Crippen LogP contribution in [0.4, 0.5) is 0 Å². The number of nitrogens with zero attached hydrogens (tertiary/aromatic N) is 1. The summed E-state index contributed by atoms with van der Waals surface area (Å²) in [6.45, 7) is 8.58. The first-order valence-corrected chi connectivity index (χ1v) is 6.93. The SMILES string of the molecule is C=Cc1ccnc(/C=C(\C)C(=O)OC(O)(CO)OC(=O)C(=C)C)c1. The summed E-state index contributed by atoms with van der Waals surface area (Å²) in [7, 11) is 0. The van der Waals surface area contributed by atoms with E-state index in [0.717, 1.165) is 5.56 Å². The Morgan fingerprint density at radius 1 is 1.33 bits per heavy atom. The molecule has 0 fully saturated rings. The molecule has 1 unspecified atom stereocenters. The number of aliphatic hydroxyl groups excluding tert-OH is 1. The van der Waals surface area contributed by atoms with Gasteiger partial charge in [-0.05, 0) is 37.6 Å². The summed E-state index contributed by atoms with van der Waals surface area (Å²) >= 11 is 0. The van der Waals surface area contributed by atoms with Crippen molar-refractivity contribution in [2.45, 2.75) is 19.8 Å². The first-order valence-electron chi connectivity index (χ1n) is 6.93. The van der Waals surface area contributed by atoms with Crippen LogP contribution in [0.25, 0.3) is 12.2 Å². The summed E-state index contributed by atoms with van der Waals surface area (Å²) in [5.41, 5.74) is 1.31. The third-order valence-corrected chi connectivity index (χ3v) is 2.78. The number of hydrogen-bond donors (Lipinski definition) is 2. The molecule has 0 aliphatic rings. The third kappa shape index (κ3) is 5.45. The molecule has 0 bridgehead atoms. The Morgan fingerprint density at radius 3 is 2.50 bits per heavy atom. The van der Waals surface area contributed by atoms with E-state index in [1.165, 1.54) is 19.9 Å². The predicted molar refractivity (Wildman–Crippen MR) is 87.0 cm³/mol. The lowest BCUT2D eigenvalue weighted by molar-refractivity contribution is -0.334. The van der Waals surface area contributed by atoms with Gasteiger partial charge in [-0.3, -0.25) is 4.98 Å². The first kappa shape index (κ1) is 19.3. The second-order valence-electron chi connectivity index (χ2n) is 4.98. The lowest BCUT2D eigenvalue weighted by Gasteiger charge is -2.24. The number of carbonyl (C=O) groups is 2. The zero-order valence-electron chi connectivity index (χ0n) is 13.5. The minimum absolute atomic E-state index is 0.0318. The topological polar surface area (TPSA) is 106 Å². The van der Waals surface area contributed by atoms with Crippen LogP contribution in [0.2, 0.25) is 0 Å². The van der Waals surface area contributed by atoms with Gasteiger partial charge in [0.15, 0.2) is 0 Å². The molecule has 1 rings (SSSR count). The van der Waals surface area contributed by atoms with Crippen LogP contribution >= 0.6 is 0 Å². The molecular weight excluding hydrogens is 314 g/mol. The number of aromatic nitrogens is 1. The van der Waals surface area contributed by atoms with Gasteiger partial charge < -0.3 is 19.7 Å². The maximum absolute atomic E-state index is 12.0. The molecule has 0 saturated heterocycles. The van der Waals surface area contributed by atoms with Crippen LogP contribution in [0.3, 0.4) is 0 Å². The zero-order valence-corrected chi connectivity index (χ0v) is 13.5. The number of carbonyl (C=O) groups excluding carboxylic acids is 2. The molecule has 1 heterocycles. The van der Waals surface area contributed by atoms with Crippen LogP contribution in [-0.4, -0.2) is 39.7 Å². The van der Waals surface area contributed by atoms with Gasteiger partial charge in [0.1, 0.15) is 6.61 Å². The normalized spacial score (nSPS) is 13.6. The standard InChI is InChI=1S/C17H19NO6/c1-5-13-6-7-18-14(9-13)8-12(4)16(21)24-17(22,10-19)23-15(20)11(2)3/h5-9,19,22H,1-2,10H2,3-4H3/b12-8+. The highest BCUT2D eigenvalue weighted by molar-refractivity contribution is 5.93. The van der Waals surface area contributed by atoms with E-state index >= 15 is 0 Å². The Balaban J connectivity index is 2.90. The lowest BCUT2D eigenvalue weighted by atomic mass is 10.2. The predicted octanol–water partition coefficient (Wildman–Crippen LogP) is 1.43. The molecule has 1 aromatic rings. The molecule has 2 N–H and O–H groups in total. The van der Waals surface area contributed by atoms with E-state index in [1.54, 1.807) is 24.4 Å². The first-order chi connectivity index (χ1) is 11.2. The molecule has 7 nitrogen and oxygen atoms in total. The van der Waals surface area contributed by atoms with Crippen LogP contribution in [-0.2, 0) is 19.1 Å². The molecule has 1 aromatic heterocycles. The van der Waals surface area contributed by atoms with E-state index in [9.17, 15) is 14.7 Å². The van der Waals surface area contributed by atoms with E-state index in [0.29, 0.717) is 5.69 Å². The molecule has 0 amide bonds. The molecule has 0 saturated carbocycles. The summed E-state index contributed by atoms with van der Waals surface area (Å²) < 4.78 is 9.19. The maximum atomic E-state index is 12.0. The van der Waals surface area contributed by atoms with Crippen molar-refractivity contribution in [1.29, 1.82) is 0 Å². The molecule has 0 aliphatic heterocycles. The Hall–Kier alpha value is -2.77. The maximum Gasteiger partial charge on any atom is 0.398 e. The van der Waals surface area contributed by atoms with Gasteiger partial charge in [-0.15, -0.1) is 0 Å². The van der Waals surface area contributed by atoms with Crippen molar-refractivity contribution in [2.24, 2.45) is 0 Å². The highest BCUT2D eigenvalue weighted by Crippen LogP contribution is 2.15. The number of aliphatic hydroxyl groups is 2. The van der Waals surface area contributed by atoms with E-state index in [2.05, 4.69) is 27.6 Å². The highest BCUT2D eigenvalue weighted by atomic mass is 16.8. The summed E-state index contributed by atoms with van der Waals surface area (Å²) in [6, 6.07) is 3.42. The van der Waals surface area contributed by atoms with E-state index in [1.807, 2.05) is 0 Å². The van der Waals surface area contributed by atoms with Crippen molar-refractivity contribution in [3.8, 4) is 0 Å². The molecule has 0 aliphatic carbocycles. The summed E-state index contributed by atoms with van der Waals surface area (Å²) in [5, 5.41) is 19.0. The number of rotatable bonds is 7. The minimum atomic E-state index is -2.79.